The van der Waals surface area contributed by atoms with Crippen LogP contribution in [0.2, 0.25) is 0 Å². The van der Waals surface area contributed by atoms with Crippen LogP contribution in [0.4, 0.5) is 0 Å². The van der Waals surface area contributed by atoms with Crippen molar-refractivity contribution in [1.29, 1.82) is 0 Å². The molecule has 0 aliphatic carbocycles. The van der Waals surface area contributed by atoms with Crippen LogP contribution in [0.5, 0.6) is 0 Å². The Kier molecular flexibility index (Phi) is 13.0. The molecule has 9 aromatic carbocycles. The Balaban J connectivity index is 1.41. The molecule has 0 saturated carbocycles. The molecule has 0 amide bonds. The van der Waals surface area contributed by atoms with E-state index in [4.69, 9.17) is 4.42 Å². The van der Waals surface area contributed by atoms with Crippen LogP contribution in [-0.4, -0.2) is 220 Å². The van der Waals surface area contributed by atoms with Crippen molar-refractivity contribution in [2.45, 2.75) is 0 Å². The van der Waals surface area contributed by atoms with Crippen molar-refractivity contribution in [3.05, 3.63) is 0 Å². The summed E-state index contributed by atoms with van der Waals surface area (Å²) in [7, 11) is 66.4. The van der Waals surface area contributed by atoms with Crippen molar-refractivity contribution in [2.24, 2.45) is 0 Å². The quantitative estimate of drug-likeness (QED) is 0.0978. The fourth-order valence-corrected chi connectivity index (χ4v) is 15.2. The van der Waals surface area contributed by atoms with Gasteiger partial charge in [-0.25, -0.2) is 0 Å². The zero-order valence-electron chi connectivity index (χ0n) is 51.4. The first-order valence-corrected chi connectivity index (χ1v) is 27.9. The van der Waals surface area contributed by atoms with Crippen LogP contribution in [0.3, 0.4) is 0 Å². The van der Waals surface area contributed by atoms with E-state index >= 15 is 0 Å². The van der Waals surface area contributed by atoms with E-state index in [-0.39, 0.29) is 0 Å². The summed E-state index contributed by atoms with van der Waals surface area (Å²) in [4.78, 5) is 0. The molecule has 0 atom stereocenters. The standard InChI is InChI=1S/C46H56B28O/c47-17-11-7(8-12(28(58)27(11)57)32(62)40(70)39(69)24(8)54)19(49)29(59)13(17)14-30(60)25(55)10(26(56)31(14)61)2-5-3(20(50)35(65)37(67)22(5)52)1(4-6(2)23(53)38(68)36(66)21(4)51)9-18(48)15-16-34(64)41(71)42(72)44(74)46(16)75-45(15)43(73)33(9)63/h47-74H2. The third kappa shape index (κ3) is 6.85. The Bertz CT molecular complexity index is 4330. The lowest BCUT2D eigenvalue weighted by molar-refractivity contribution is 0.675. The lowest BCUT2D eigenvalue weighted by Crippen LogP contribution is -2.52. The Hall–Kier alpha value is -4.36. The summed E-state index contributed by atoms with van der Waals surface area (Å²) in [5, 5.41) is 13.9. The van der Waals surface area contributed by atoms with Crippen molar-refractivity contribution < 1.29 is 4.42 Å². The summed E-state index contributed by atoms with van der Waals surface area (Å²) in [5.41, 5.74) is 48.8. The lowest BCUT2D eigenvalue weighted by Gasteiger charge is -2.32. The summed E-state index contributed by atoms with van der Waals surface area (Å²) in [6.07, 6.45) is 0. The number of hydrogen-bond acceptors (Lipinski definition) is 1. The normalized spacial score (nSPS) is 11.9. The van der Waals surface area contributed by atoms with Crippen molar-refractivity contribution in [2.75, 3.05) is 0 Å². The second-order valence-corrected chi connectivity index (χ2v) is 24.3. The van der Waals surface area contributed by atoms with Gasteiger partial charge in [0.05, 0.1) is 0 Å². The molecule has 0 bridgehead atoms. The maximum atomic E-state index is 7.07. The predicted molar refractivity (Wildman–Crippen MR) is 429 cm³/mol. The van der Waals surface area contributed by atoms with Gasteiger partial charge in [0.2, 0.25) is 0 Å². The molecule has 0 fully saturated rings. The molecule has 0 aliphatic rings. The molecule has 330 valence electrons. The maximum Gasteiger partial charge on any atom is 0.143 e. The van der Waals surface area contributed by atoms with E-state index in [0.29, 0.717) is 0 Å². The number of fused-ring (bicyclic) bond motifs is 8. The molecule has 1 aromatic heterocycles. The third-order valence-electron chi connectivity index (χ3n) is 21.7. The number of furan rings is 1. The minimum atomic E-state index is 1.03. The minimum absolute atomic E-state index is 1.03. The molecular weight excluding hydrogens is 871 g/mol. The summed E-state index contributed by atoms with van der Waals surface area (Å²) < 4.78 is 7.07. The van der Waals surface area contributed by atoms with E-state index in [1.54, 1.807) is 0 Å². The van der Waals surface area contributed by atoms with Gasteiger partial charge in [-0.15, -0.1) is 38.2 Å². The summed E-state index contributed by atoms with van der Waals surface area (Å²) in [6.45, 7) is 0. The molecule has 0 aliphatic heterocycles. The first kappa shape index (κ1) is 54.0. The van der Waals surface area contributed by atoms with Gasteiger partial charge in [-0.2, -0.15) is 0 Å². The molecule has 29 heteroatoms. The Morgan fingerprint density at radius 1 is 0.120 bits per heavy atom. The molecular formula is C46H56B28O. The molecule has 0 unspecified atom stereocenters. The van der Waals surface area contributed by atoms with E-state index in [9.17, 15) is 0 Å². The first-order valence-electron chi connectivity index (χ1n) is 27.9. The Morgan fingerprint density at radius 3 is 0.667 bits per heavy atom. The predicted octanol–water partition coefficient (Wildman–Crippen LogP) is -35.6. The Labute approximate surface area is 472 Å². The molecule has 0 saturated heterocycles. The SMILES string of the molecule is Bc1c(B)c(-c2c3c(B)c(B)c(B)c(B)c3c(-c3c(B)c(B)c4oc5c(B)c(B)c(B)c(B)c5c4c3B)c3c(B)c(B)c(B)c(B)c23)c(B)c(B)c1-c1c(B)c(B)c2c(c1B)c(B)c(B)c1c(B)c(B)c(B)c(B)c12. The van der Waals surface area contributed by atoms with Gasteiger partial charge in [0.1, 0.15) is 231 Å². The van der Waals surface area contributed by atoms with Crippen molar-refractivity contribution in [3.8, 4) is 33.4 Å². The average Bonchev–Trinajstić information content (AvgIpc) is 3.79. The topological polar surface area (TPSA) is 13.1 Å². The van der Waals surface area contributed by atoms with Gasteiger partial charge in [0.15, 0.2) is 0 Å². The fraction of sp³-hybridized carbons (Fsp3) is 0. The van der Waals surface area contributed by atoms with Gasteiger partial charge >= 0.3 is 0 Å². The number of hydrogen-bond donors (Lipinski definition) is 0. The van der Waals surface area contributed by atoms with Gasteiger partial charge in [-0.1, -0.05) is 115 Å². The van der Waals surface area contributed by atoms with Crippen LogP contribution < -0.4 is 153 Å². The van der Waals surface area contributed by atoms with Crippen molar-refractivity contribution in [1.82, 2.24) is 0 Å². The highest BCUT2D eigenvalue weighted by Crippen LogP contribution is 2.40. The summed E-state index contributed by atoms with van der Waals surface area (Å²) in [6, 6.07) is 0. The minimum Gasteiger partial charge on any atom is -0.457 e. The monoisotopic (exact) mass is 933 g/mol. The summed E-state index contributed by atoms with van der Waals surface area (Å²) >= 11 is 0. The molecule has 1 nitrogen and oxygen atoms in total. The molecule has 0 N–H and O–H groups in total. The fourth-order valence-electron chi connectivity index (χ4n) is 15.2. The highest BCUT2D eigenvalue weighted by molar-refractivity contribution is 6.78. The molecule has 0 spiro atoms. The van der Waals surface area contributed by atoms with Crippen LogP contribution in [0.25, 0.3) is 98.4 Å². The molecule has 0 radical (unpaired) electrons. The smallest absolute Gasteiger partial charge is 0.143 e. The first-order chi connectivity index (χ1) is 35.0. The molecule has 1 heterocycles. The van der Waals surface area contributed by atoms with Gasteiger partial charge < -0.3 is 4.42 Å². The van der Waals surface area contributed by atoms with E-state index < -0.39 is 0 Å². The highest BCUT2D eigenvalue weighted by atomic mass is 16.3. The Morgan fingerprint density at radius 2 is 0.293 bits per heavy atom. The van der Waals surface area contributed by atoms with Crippen LogP contribution in [0, 0.1) is 0 Å². The van der Waals surface area contributed by atoms with Crippen LogP contribution in [-0.2, 0) is 0 Å². The van der Waals surface area contributed by atoms with E-state index in [0.717, 1.165) is 11.2 Å². The van der Waals surface area contributed by atoms with Gasteiger partial charge in [0, 0.05) is 10.8 Å². The van der Waals surface area contributed by atoms with Crippen LogP contribution >= 0.6 is 0 Å². The molecule has 10 rings (SSSR count). The van der Waals surface area contributed by atoms with E-state index in [1.165, 1.54) is 240 Å². The zero-order valence-corrected chi connectivity index (χ0v) is 51.4. The van der Waals surface area contributed by atoms with Gasteiger partial charge in [0.25, 0.3) is 0 Å². The lowest BCUT2D eigenvalue weighted by atomic mass is 9.55. The van der Waals surface area contributed by atoms with Gasteiger partial charge in [-0.3, -0.25) is 0 Å². The van der Waals surface area contributed by atoms with Crippen molar-refractivity contribution in [3.63, 3.8) is 0 Å². The third-order valence-corrected chi connectivity index (χ3v) is 21.7. The maximum absolute atomic E-state index is 7.07. The van der Waals surface area contributed by atoms with E-state index in [1.807, 2.05) is 0 Å². The van der Waals surface area contributed by atoms with Crippen molar-refractivity contribution >= 4 is 438 Å². The van der Waals surface area contributed by atoms with Gasteiger partial charge in [-0.05, 0) is 76.5 Å². The largest absolute Gasteiger partial charge is 0.457 e. The average molecular weight is 928 g/mol. The second kappa shape index (κ2) is 18.1. The highest BCUT2D eigenvalue weighted by Gasteiger charge is 2.32. The zero-order chi connectivity index (χ0) is 55.3. The van der Waals surface area contributed by atoms with Crippen LogP contribution in [0.15, 0.2) is 4.42 Å². The second-order valence-electron chi connectivity index (χ2n) is 24.3. The number of rotatable bonds is 3. The summed E-state index contributed by atoms with van der Waals surface area (Å²) in [5.74, 6) is 0. The molecule has 10 aromatic rings. The van der Waals surface area contributed by atoms with E-state index in [2.05, 4.69) is 220 Å². The molecule has 75 heavy (non-hydrogen) atoms. The number of benzene rings is 9. The van der Waals surface area contributed by atoms with Crippen LogP contribution in [0.1, 0.15) is 0 Å².